The van der Waals surface area contributed by atoms with Gasteiger partial charge in [-0.1, -0.05) is 76.1 Å². The van der Waals surface area contributed by atoms with Gasteiger partial charge in [-0.3, -0.25) is 4.79 Å². The van der Waals surface area contributed by atoms with Crippen LogP contribution in [-0.4, -0.2) is 16.9 Å². The first-order valence-corrected chi connectivity index (χ1v) is 8.01. The topological polar surface area (TPSA) is 54.4 Å². The van der Waals surface area contributed by atoms with Crippen LogP contribution in [0.3, 0.4) is 0 Å². The Morgan fingerprint density at radius 2 is 1.38 bits per heavy atom. The fourth-order valence-corrected chi connectivity index (χ4v) is 2.41. The van der Waals surface area contributed by atoms with Crippen molar-refractivity contribution in [1.82, 2.24) is 0 Å². The van der Waals surface area contributed by atoms with Crippen molar-refractivity contribution in [2.24, 2.45) is 0 Å². The molecule has 3 nitrogen and oxygen atoms in total. The van der Waals surface area contributed by atoms with Gasteiger partial charge >= 0.3 is 5.97 Å². The summed E-state index contributed by atoms with van der Waals surface area (Å²) < 4.78 is 0. The molecule has 0 aliphatic heterocycles. The molecule has 0 aromatic heterocycles. The van der Waals surface area contributed by atoms with Crippen molar-refractivity contribution in [3.8, 4) is 0 Å². The average molecular weight is 290 g/mol. The number of rotatable bonds is 11. The van der Waals surface area contributed by atoms with Gasteiger partial charge in [0, 0.05) is 5.56 Å². The van der Waals surface area contributed by atoms with Crippen molar-refractivity contribution < 1.29 is 14.7 Å². The van der Waals surface area contributed by atoms with Crippen LogP contribution in [0.2, 0.25) is 0 Å². The zero-order valence-corrected chi connectivity index (χ0v) is 12.9. The third-order valence-electron chi connectivity index (χ3n) is 3.73. The highest BCUT2D eigenvalue weighted by atomic mass is 16.4. The first-order valence-electron chi connectivity index (χ1n) is 8.01. The second-order valence-corrected chi connectivity index (χ2v) is 5.56. The first-order chi connectivity index (χ1) is 10.1. The number of aryl methyl sites for hydroxylation is 1. The maximum Gasteiger partial charge on any atom is 0.377 e. The smallest absolute Gasteiger partial charge is 0.377 e. The van der Waals surface area contributed by atoms with E-state index in [1.807, 2.05) is 12.1 Å². The monoisotopic (exact) mass is 290 g/mol. The number of carboxylic acid groups (broad SMARTS) is 1. The lowest BCUT2D eigenvalue weighted by atomic mass is 10.0. The number of carbonyl (C=O) groups excluding carboxylic acids is 1. The Labute approximate surface area is 127 Å². The number of aliphatic carboxylic acids is 1. The highest BCUT2D eigenvalue weighted by Gasteiger charge is 2.13. The predicted octanol–water partition coefficient (Wildman–Crippen LogP) is 4.64. The lowest BCUT2D eigenvalue weighted by Gasteiger charge is -2.03. The summed E-state index contributed by atoms with van der Waals surface area (Å²) in [6.45, 7) is 2.23. The van der Waals surface area contributed by atoms with Crippen LogP contribution in [0, 0.1) is 0 Å². The van der Waals surface area contributed by atoms with E-state index in [1.54, 1.807) is 12.1 Å². The Morgan fingerprint density at radius 1 is 0.857 bits per heavy atom. The van der Waals surface area contributed by atoms with Crippen molar-refractivity contribution in [2.45, 2.75) is 64.7 Å². The molecule has 3 heteroatoms. The van der Waals surface area contributed by atoms with E-state index in [-0.39, 0.29) is 5.56 Å². The summed E-state index contributed by atoms with van der Waals surface area (Å²) in [5.41, 5.74) is 1.42. The molecule has 21 heavy (non-hydrogen) atoms. The molecule has 0 atom stereocenters. The van der Waals surface area contributed by atoms with Gasteiger partial charge in [0.15, 0.2) is 0 Å². The van der Waals surface area contributed by atoms with Gasteiger partial charge in [0.1, 0.15) is 0 Å². The minimum atomic E-state index is -1.40. The SMILES string of the molecule is CCCCCCCCCCc1ccc(C(=O)C(=O)O)cc1. The lowest BCUT2D eigenvalue weighted by molar-refractivity contribution is -0.131. The average Bonchev–Trinajstić information content (AvgIpc) is 2.49. The van der Waals surface area contributed by atoms with Crippen molar-refractivity contribution >= 4 is 11.8 Å². The first kappa shape index (κ1) is 17.4. The molecule has 0 bridgehead atoms. The molecule has 1 rings (SSSR count). The normalized spacial score (nSPS) is 10.5. The molecule has 116 valence electrons. The summed E-state index contributed by atoms with van der Waals surface area (Å²) in [5, 5.41) is 8.63. The summed E-state index contributed by atoms with van der Waals surface area (Å²) >= 11 is 0. The molecule has 0 unspecified atom stereocenters. The standard InChI is InChI=1S/C18H26O3/c1-2-3-4-5-6-7-8-9-10-15-11-13-16(14-12-15)17(19)18(20)21/h11-14H,2-10H2,1H3,(H,20,21). The van der Waals surface area contributed by atoms with Gasteiger partial charge in [0.25, 0.3) is 5.78 Å². The molecule has 0 saturated carbocycles. The van der Waals surface area contributed by atoms with Gasteiger partial charge in [0.05, 0.1) is 0 Å². The molecule has 0 heterocycles. The fraction of sp³-hybridized carbons (Fsp3) is 0.556. The van der Waals surface area contributed by atoms with Crippen LogP contribution in [0.25, 0.3) is 0 Å². The van der Waals surface area contributed by atoms with E-state index in [2.05, 4.69) is 6.92 Å². The Balaban J connectivity index is 2.18. The van der Waals surface area contributed by atoms with Crippen LogP contribution in [0.1, 0.15) is 74.2 Å². The van der Waals surface area contributed by atoms with Crippen molar-refractivity contribution in [3.63, 3.8) is 0 Å². The van der Waals surface area contributed by atoms with E-state index in [4.69, 9.17) is 5.11 Å². The number of carboxylic acids is 1. The van der Waals surface area contributed by atoms with E-state index in [0.29, 0.717) is 0 Å². The van der Waals surface area contributed by atoms with E-state index < -0.39 is 11.8 Å². The molecule has 0 amide bonds. The summed E-state index contributed by atoms with van der Waals surface area (Å²) in [4.78, 5) is 21.8. The van der Waals surface area contributed by atoms with Crippen LogP contribution < -0.4 is 0 Å². The zero-order valence-electron chi connectivity index (χ0n) is 12.9. The van der Waals surface area contributed by atoms with E-state index >= 15 is 0 Å². The Bertz CT molecular complexity index is 434. The summed E-state index contributed by atoms with van der Waals surface area (Å²) in [7, 11) is 0. The van der Waals surface area contributed by atoms with Crippen LogP contribution >= 0.6 is 0 Å². The third kappa shape index (κ3) is 7.07. The molecule has 1 aromatic carbocycles. The van der Waals surface area contributed by atoms with Crippen molar-refractivity contribution in [3.05, 3.63) is 35.4 Å². The number of carbonyl (C=O) groups is 2. The fourth-order valence-electron chi connectivity index (χ4n) is 2.41. The summed E-state index contributed by atoms with van der Waals surface area (Å²) in [6.07, 6.45) is 11.3. The predicted molar refractivity (Wildman–Crippen MR) is 84.7 cm³/mol. The number of Topliss-reactive ketones (excluding diaryl/α,β-unsaturated/α-hetero) is 1. The van der Waals surface area contributed by atoms with Crippen LogP contribution in [0.5, 0.6) is 0 Å². The molecule has 0 radical (unpaired) electrons. The minimum absolute atomic E-state index is 0.252. The van der Waals surface area contributed by atoms with Gasteiger partial charge in [-0.15, -0.1) is 0 Å². The van der Waals surface area contributed by atoms with Gasteiger partial charge in [-0.25, -0.2) is 4.79 Å². The maximum absolute atomic E-state index is 11.3. The number of benzene rings is 1. The quantitative estimate of drug-likeness (QED) is 0.367. The van der Waals surface area contributed by atoms with Crippen LogP contribution in [0.4, 0.5) is 0 Å². The number of unbranched alkanes of at least 4 members (excludes halogenated alkanes) is 7. The second-order valence-electron chi connectivity index (χ2n) is 5.56. The minimum Gasteiger partial charge on any atom is -0.475 e. The van der Waals surface area contributed by atoms with Gasteiger partial charge in [0.2, 0.25) is 0 Å². The van der Waals surface area contributed by atoms with Crippen LogP contribution in [0.15, 0.2) is 24.3 Å². The van der Waals surface area contributed by atoms with E-state index in [0.717, 1.165) is 12.8 Å². The van der Waals surface area contributed by atoms with Crippen molar-refractivity contribution in [1.29, 1.82) is 0 Å². The number of ketones is 1. The highest BCUT2D eigenvalue weighted by Crippen LogP contribution is 2.12. The Hall–Kier alpha value is -1.64. The molecular weight excluding hydrogens is 264 g/mol. The summed E-state index contributed by atoms with van der Waals surface area (Å²) in [6, 6.07) is 6.93. The van der Waals surface area contributed by atoms with Gasteiger partial charge < -0.3 is 5.11 Å². The van der Waals surface area contributed by atoms with Crippen LogP contribution in [-0.2, 0) is 11.2 Å². The van der Waals surface area contributed by atoms with Gasteiger partial charge in [-0.2, -0.15) is 0 Å². The van der Waals surface area contributed by atoms with Gasteiger partial charge in [-0.05, 0) is 18.4 Å². The Kier molecular flexibility index (Phi) is 8.41. The van der Waals surface area contributed by atoms with Crippen molar-refractivity contribution in [2.75, 3.05) is 0 Å². The summed E-state index contributed by atoms with van der Waals surface area (Å²) in [5.74, 6) is -2.24. The lowest BCUT2D eigenvalue weighted by Crippen LogP contribution is -2.12. The largest absolute Gasteiger partial charge is 0.475 e. The zero-order chi connectivity index (χ0) is 15.5. The molecule has 1 N–H and O–H groups in total. The molecule has 0 fully saturated rings. The Morgan fingerprint density at radius 3 is 1.90 bits per heavy atom. The molecule has 0 aliphatic carbocycles. The molecular formula is C18H26O3. The highest BCUT2D eigenvalue weighted by molar-refractivity contribution is 6.39. The third-order valence-corrected chi connectivity index (χ3v) is 3.73. The molecule has 0 saturated heterocycles. The second kappa shape index (κ2) is 10.1. The number of hydrogen-bond acceptors (Lipinski definition) is 2. The van der Waals surface area contributed by atoms with E-state index in [9.17, 15) is 9.59 Å². The number of hydrogen-bond donors (Lipinski definition) is 1. The molecule has 1 aromatic rings. The molecule has 0 aliphatic rings. The maximum atomic E-state index is 11.3. The van der Waals surface area contributed by atoms with E-state index in [1.165, 1.54) is 50.5 Å². The molecule has 0 spiro atoms.